The van der Waals surface area contributed by atoms with E-state index in [1.807, 2.05) is 13.8 Å². The second kappa shape index (κ2) is 24.5. The van der Waals surface area contributed by atoms with E-state index in [1.165, 1.54) is 38.8 Å². The van der Waals surface area contributed by atoms with Crippen molar-refractivity contribution in [3.63, 3.8) is 0 Å². The van der Waals surface area contributed by atoms with Crippen LogP contribution in [0.2, 0.25) is 0 Å². The molecule has 2 heterocycles. The predicted molar refractivity (Wildman–Crippen MR) is 174 cm³/mol. The highest BCUT2D eigenvalue weighted by Gasteiger charge is 2.43. The third-order valence-corrected chi connectivity index (χ3v) is 6.92. The van der Waals surface area contributed by atoms with E-state index in [0.717, 1.165) is 18.0 Å². The highest BCUT2D eigenvalue weighted by molar-refractivity contribution is 5.56. The summed E-state index contributed by atoms with van der Waals surface area (Å²) < 4.78 is 35.7. The average Bonchev–Trinajstić information content (AvgIpc) is 3.28. The maximum absolute atomic E-state index is 10.4. The van der Waals surface area contributed by atoms with Gasteiger partial charge in [0, 0.05) is 36.8 Å². The normalized spacial score (nSPS) is 18.9. The van der Waals surface area contributed by atoms with Crippen molar-refractivity contribution in [2.75, 3.05) is 40.3 Å². The molecule has 11 heteroatoms. The number of hydrogen-bond acceptors (Lipinski definition) is 7. The molecule has 2 aliphatic heterocycles. The molecule has 2 N–H and O–H groups in total. The number of likely N-dealkylation sites (N-methyl/N-ethyl adjacent to an activating group) is 2. The highest BCUT2D eigenvalue weighted by Crippen LogP contribution is 2.40. The van der Waals surface area contributed by atoms with Crippen molar-refractivity contribution in [3.05, 3.63) is 48.6 Å². The monoisotopic (exact) mass is 633 g/mol. The molecule has 0 aromatic carbocycles. The summed E-state index contributed by atoms with van der Waals surface area (Å²) in [6.07, 6.45) is 6.90. The lowest BCUT2D eigenvalue weighted by molar-refractivity contribution is -0.156. The third kappa shape index (κ3) is 21.9. The first kappa shape index (κ1) is 45.7. The topological polar surface area (TPSA) is 99.2 Å². The summed E-state index contributed by atoms with van der Waals surface area (Å²) in [7, 11) is 4.34. The van der Waals surface area contributed by atoms with E-state index in [4.69, 9.17) is 14.7 Å². The Morgan fingerprint density at radius 3 is 2.09 bits per heavy atom. The van der Waals surface area contributed by atoms with Crippen LogP contribution < -0.4 is 5.32 Å². The molecule has 2 atom stereocenters. The molecule has 0 saturated carbocycles. The first-order valence-electron chi connectivity index (χ1n) is 14.9. The van der Waals surface area contributed by atoms with E-state index in [2.05, 4.69) is 87.8 Å². The number of likely N-dealkylation sites (tertiary alicyclic amines) is 1. The Balaban J connectivity index is -0.000000661. The Morgan fingerprint density at radius 2 is 1.75 bits per heavy atom. The van der Waals surface area contributed by atoms with Gasteiger partial charge in [-0.05, 0) is 85.9 Å². The van der Waals surface area contributed by atoms with Crippen LogP contribution in [0.15, 0.2) is 48.6 Å². The van der Waals surface area contributed by atoms with E-state index in [0.29, 0.717) is 18.1 Å². The second-order valence-corrected chi connectivity index (χ2v) is 11.7. The van der Waals surface area contributed by atoms with Crippen molar-refractivity contribution in [1.82, 2.24) is 15.1 Å². The molecule has 0 amide bonds. The lowest BCUT2D eigenvalue weighted by Crippen LogP contribution is -2.50. The Bertz CT molecular complexity index is 881. The van der Waals surface area contributed by atoms with Crippen LogP contribution in [0.1, 0.15) is 74.1 Å². The quantitative estimate of drug-likeness (QED) is 0.161. The molecule has 1 saturated heterocycles. The first-order valence-corrected chi connectivity index (χ1v) is 14.9. The zero-order chi connectivity index (χ0) is 35.0. The lowest BCUT2D eigenvalue weighted by atomic mass is 9.89. The number of rotatable bonds is 10. The SMILES string of the molecule is C=C/C=C(\C=C)COC=O.CC.CNC(CCC1CN(C(C)(C)C)C(C)(C)C1)C1=CCN(C)CC1.O=CC(F)(F)F.O=CO. The second-order valence-electron chi connectivity index (χ2n) is 11.7. The summed E-state index contributed by atoms with van der Waals surface area (Å²) in [5.41, 5.74) is 3.08. The standard InChI is InChI=1S/C20H39N3.C8H10O2.C2HF3O.C2H6.CH2O2/c1-19(2,3)23-15-16(14-20(23,4)5)8-9-18(21-6)17-10-12-22(7)13-11-17;1-3-5-8(4-2)6-10-7-9;3-2(4,5)1-6;1-2;2-1-3/h10,16,18,21H,8-9,11-15H2,1-7H3;3-5,7H,1-2,6H2;1H;1-2H3;1H,(H,2,3)/b;8-5+;;;. The smallest absolute Gasteiger partial charge is 0.446 e. The van der Waals surface area contributed by atoms with Crippen LogP contribution in [0.5, 0.6) is 0 Å². The van der Waals surface area contributed by atoms with Crippen LogP contribution in [0.4, 0.5) is 13.2 Å². The molecule has 2 rings (SSSR count). The van der Waals surface area contributed by atoms with Gasteiger partial charge in [-0.15, -0.1) is 0 Å². The van der Waals surface area contributed by atoms with Gasteiger partial charge in [0.2, 0.25) is 6.29 Å². The number of nitrogens with one attached hydrogen (secondary N) is 1. The number of alkyl halides is 3. The Labute approximate surface area is 264 Å². The molecule has 0 radical (unpaired) electrons. The molecule has 2 aliphatic rings. The van der Waals surface area contributed by atoms with Gasteiger partial charge >= 0.3 is 6.18 Å². The highest BCUT2D eigenvalue weighted by atomic mass is 19.4. The predicted octanol–water partition coefficient (Wildman–Crippen LogP) is 6.45. The van der Waals surface area contributed by atoms with Crippen molar-refractivity contribution >= 4 is 19.2 Å². The number of ether oxygens (including phenoxy) is 1. The van der Waals surface area contributed by atoms with E-state index in [-0.39, 0.29) is 18.6 Å². The van der Waals surface area contributed by atoms with Gasteiger partial charge in [0.05, 0.1) is 0 Å². The number of carboxylic acid groups (broad SMARTS) is 1. The molecule has 0 aromatic rings. The lowest BCUT2D eigenvalue weighted by Gasteiger charge is -2.42. The molecule has 8 nitrogen and oxygen atoms in total. The fourth-order valence-corrected chi connectivity index (χ4v) is 5.24. The average molecular weight is 634 g/mol. The van der Waals surface area contributed by atoms with Gasteiger partial charge in [0.1, 0.15) is 6.61 Å². The minimum Gasteiger partial charge on any atom is -0.483 e. The minimum absolute atomic E-state index is 0.250. The summed E-state index contributed by atoms with van der Waals surface area (Å²) in [5, 5.41) is 10.5. The van der Waals surface area contributed by atoms with Crippen LogP contribution in [0, 0.1) is 5.92 Å². The summed E-state index contributed by atoms with van der Waals surface area (Å²) in [6.45, 7) is 26.9. The molecule has 256 valence electrons. The maximum atomic E-state index is 10.4. The number of aldehydes is 1. The third-order valence-electron chi connectivity index (χ3n) is 6.92. The molecular weight excluding hydrogens is 575 g/mol. The van der Waals surface area contributed by atoms with Crippen molar-refractivity contribution in [2.24, 2.45) is 5.92 Å². The molecule has 44 heavy (non-hydrogen) atoms. The van der Waals surface area contributed by atoms with Crippen molar-refractivity contribution in [3.8, 4) is 0 Å². The van der Waals surface area contributed by atoms with Crippen molar-refractivity contribution in [2.45, 2.75) is 97.4 Å². The Hall–Kier alpha value is -2.76. The van der Waals surface area contributed by atoms with E-state index >= 15 is 0 Å². The van der Waals surface area contributed by atoms with Crippen LogP contribution in [0.25, 0.3) is 0 Å². The molecule has 1 fully saturated rings. The van der Waals surface area contributed by atoms with Gasteiger partial charge < -0.3 is 20.1 Å². The molecule has 2 unspecified atom stereocenters. The van der Waals surface area contributed by atoms with E-state index in [9.17, 15) is 18.0 Å². The molecule has 0 bridgehead atoms. The fourth-order valence-electron chi connectivity index (χ4n) is 5.24. The maximum Gasteiger partial charge on any atom is 0.446 e. The first-order chi connectivity index (χ1) is 20.5. The van der Waals surface area contributed by atoms with Crippen LogP contribution in [-0.4, -0.2) is 97.8 Å². The Morgan fingerprint density at radius 1 is 1.20 bits per heavy atom. The van der Waals surface area contributed by atoms with Crippen LogP contribution >= 0.6 is 0 Å². The van der Waals surface area contributed by atoms with Crippen molar-refractivity contribution in [1.29, 1.82) is 0 Å². The van der Waals surface area contributed by atoms with Gasteiger partial charge in [0.15, 0.2) is 0 Å². The van der Waals surface area contributed by atoms with Crippen LogP contribution in [0.3, 0.4) is 0 Å². The molecule has 0 spiro atoms. The van der Waals surface area contributed by atoms with Crippen molar-refractivity contribution < 1.29 is 37.4 Å². The number of carbonyl (C=O) groups is 3. The van der Waals surface area contributed by atoms with E-state index in [1.54, 1.807) is 23.8 Å². The summed E-state index contributed by atoms with van der Waals surface area (Å²) >= 11 is 0. The van der Waals surface area contributed by atoms with Crippen LogP contribution in [-0.2, 0) is 19.1 Å². The fraction of sp³-hybridized carbons (Fsp3) is 0.667. The number of hydrogen-bond donors (Lipinski definition) is 2. The molecule has 0 aromatic heterocycles. The molecular formula is C33H58F3N3O5. The van der Waals surface area contributed by atoms with Gasteiger partial charge in [-0.3, -0.25) is 19.3 Å². The van der Waals surface area contributed by atoms with Gasteiger partial charge in [-0.2, -0.15) is 13.2 Å². The van der Waals surface area contributed by atoms with Gasteiger partial charge in [-0.25, -0.2) is 0 Å². The van der Waals surface area contributed by atoms with Gasteiger partial charge in [0.25, 0.3) is 12.9 Å². The Kier molecular flexibility index (Phi) is 25.5. The largest absolute Gasteiger partial charge is 0.483 e. The summed E-state index contributed by atoms with van der Waals surface area (Å²) in [6, 6.07) is 0.579. The summed E-state index contributed by atoms with van der Waals surface area (Å²) in [5.74, 6) is 0.840. The zero-order valence-electron chi connectivity index (χ0n) is 28.4. The van der Waals surface area contributed by atoms with Gasteiger partial charge in [-0.1, -0.05) is 56.9 Å². The summed E-state index contributed by atoms with van der Waals surface area (Å²) in [4.78, 5) is 31.9. The zero-order valence-corrected chi connectivity index (χ0v) is 28.4. The van der Waals surface area contributed by atoms with E-state index < -0.39 is 12.5 Å². The number of nitrogens with zero attached hydrogens (tertiary/aromatic N) is 2. The number of allylic oxidation sites excluding steroid dienone is 2. The molecule has 0 aliphatic carbocycles. The number of carbonyl (C=O) groups excluding carboxylic acids is 2. The minimum atomic E-state index is -4.64. The number of halogens is 3.